The van der Waals surface area contributed by atoms with Crippen molar-refractivity contribution in [3.63, 3.8) is 0 Å². The Balaban J connectivity index is 1.13. The molecular formula is C30H30N6O4. The zero-order valence-corrected chi connectivity index (χ0v) is 22.0. The van der Waals surface area contributed by atoms with Gasteiger partial charge in [0.2, 0.25) is 5.91 Å². The second-order valence-corrected chi connectivity index (χ2v) is 9.81. The quantitative estimate of drug-likeness (QED) is 0.283. The molecule has 10 nitrogen and oxygen atoms in total. The van der Waals surface area contributed by atoms with E-state index in [-0.39, 0.29) is 37.2 Å². The number of alkyl carbamates (subject to hydrolysis) is 1. The predicted molar refractivity (Wildman–Crippen MR) is 148 cm³/mol. The molecule has 3 amide bonds. The first-order valence-corrected chi connectivity index (χ1v) is 13.0. The lowest BCUT2D eigenvalue weighted by molar-refractivity contribution is -0.119. The summed E-state index contributed by atoms with van der Waals surface area (Å²) in [5, 5.41) is 13.3. The molecule has 0 saturated heterocycles. The average molecular weight is 539 g/mol. The maximum Gasteiger partial charge on any atom is 0.407 e. The van der Waals surface area contributed by atoms with Crippen LogP contribution in [0.3, 0.4) is 0 Å². The lowest BCUT2D eigenvalue weighted by Crippen LogP contribution is -2.46. The molecule has 5 rings (SSSR count). The highest BCUT2D eigenvalue weighted by Crippen LogP contribution is 2.44. The number of nitrogens with two attached hydrogens (primary N) is 1. The molecule has 2 atom stereocenters. The summed E-state index contributed by atoms with van der Waals surface area (Å²) in [6.07, 6.45) is 1.17. The van der Waals surface area contributed by atoms with E-state index in [0.29, 0.717) is 0 Å². The number of rotatable bonds is 10. The molecule has 2 unspecified atom stereocenters. The fourth-order valence-electron chi connectivity index (χ4n) is 4.96. The largest absolute Gasteiger partial charge is 0.449 e. The van der Waals surface area contributed by atoms with E-state index in [1.54, 1.807) is 6.92 Å². The van der Waals surface area contributed by atoms with Crippen LogP contribution in [0.4, 0.5) is 4.79 Å². The number of ether oxygens (including phenoxy) is 1. The molecule has 1 aliphatic rings. The van der Waals surface area contributed by atoms with Gasteiger partial charge in [-0.05, 0) is 34.7 Å². The van der Waals surface area contributed by atoms with Crippen LogP contribution in [-0.2, 0) is 22.5 Å². The molecule has 10 heteroatoms. The fraction of sp³-hybridized carbons (Fsp3) is 0.233. The Morgan fingerprint density at radius 2 is 1.55 bits per heavy atom. The minimum atomic E-state index is -0.894. The average Bonchev–Trinajstić information content (AvgIpc) is 3.54. The molecular weight excluding hydrogens is 508 g/mol. The van der Waals surface area contributed by atoms with Crippen molar-refractivity contribution in [3.05, 3.63) is 107 Å². The van der Waals surface area contributed by atoms with E-state index in [2.05, 4.69) is 45.2 Å². The topological polar surface area (TPSA) is 141 Å². The smallest absolute Gasteiger partial charge is 0.407 e. The molecule has 3 aromatic carbocycles. The van der Waals surface area contributed by atoms with Gasteiger partial charge < -0.3 is 21.1 Å². The van der Waals surface area contributed by atoms with Gasteiger partial charge in [-0.3, -0.25) is 9.59 Å². The van der Waals surface area contributed by atoms with Gasteiger partial charge in [-0.15, -0.1) is 5.10 Å². The van der Waals surface area contributed by atoms with Gasteiger partial charge in [-0.1, -0.05) is 84.1 Å². The maximum absolute atomic E-state index is 12.7. The highest BCUT2D eigenvalue weighted by Gasteiger charge is 2.29. The lowest BCUT2D eigenvalue weighted by Gasteiger charge is -2.17. The molecule has 0 aliphatic heterocycles. The summed E-state index contributed by atoms with van der Waals surface area (Å²) in [7, 11) is 0. The molecule has 0 fully saturated rings. The number of amides is 3. The minimum Gasteiger partial charge on any atom is -0.449 e. The summed E-state index contributed by atoms with van der Waals surface area (Å²) >= 11 is 0. The number of carbonyl (C=O) groups excluding carboxylic acids is 3. The van der Waals surface area contributed by atoms with E-state index in [4.69, 9.17) is 10.5 Å². The van der Waals surface area contributed by atoms with Crippen molar-refractivity contribution >= 4 is 17.9 Å². The molecule has 204 valence electrons. The van der Waals surface area contributed by atoms with E-state index in [0.717, 1.165) is 27.8 Å². The molecule has 4 aromatic rings. The third-order valence-electron chi connectivity index (χ3n) is 6.87. The SMILES string of the molecule is CC(Cn1cc(C(=O)NC(Cc2ccccc2)C(N)=O)nn1)NC(=O)OCC1c2ccccc2-c2ccccc21. The van der Waals surface area contributed by atoms with Crippen molar-refractivity contribution in [2.45, 2.75) is 37.9 Å². The number of hydrogen-bond donors (Lipinski definition) is 3. The van der Waals surface area contributed by atoms with Crippen molar-refractivity contribution < 1.29 is 19.1 Å². The Hall–Kier alpha value is -4.99. The van der Waals surface area contributed by atoms with Crippen molar-refractivity contribution in [1.82, 2.24) is 25.6 Å². The van der Waals surface area contributed by atoms with Gasteiger partial charge in [0, 0.05) is 18.4 Å². The zero-order valence-electron chi connectivity index (χ0n) is 22.0. The normalized spacial score (nSPS) is 13.5. The van der Waals surface area contributed by atoms with Crippen molar-refractivity contribution in [2.75, 3.05) is 6.61 Å². The Bertz CT molecular complexity index is 1470. The summed E-state index contributed by atoms with van der Waals surface area (Å²) in [4.78, 5) is 37.2. The molecule has 1 aromatic heterocycles. The predicted octanol–water partition coefficient (Wildman–Crippen LogP) is 3.03. The van der Waals surface area contributed by atoms with Crippen molar-refractivity contribution in [3.8, 4) is 11.1 Å². The summed E-state index contributed by atoms with van der Waals surface area (Å²) < 4.78 is 7.05. The summed E-state index contributed by atoms with van der Waals surface area (Å²) in [5.41, 5.74) is 11.0. The Kier molecular flexibility index (Phi) is 7.86. The number of primary amides is 1. The number of nitrogens with zero attached hydrogens (tertiary/aromatic N) is 3. The second-order valence-electron chi connectivity index (χ2n) is 9.81. The van der Waals surface area contributed by atoms with Crippen LogP contribution < -0.4 is 16.4 Å². The van der Waals surface area contributed by atoms with E-state index in [1.165, 1.54) is 10.9 Å². The van der Waals surface area contributed by atoms with Gasteiger partial charge in [0.05, 0.1) is 12.7 Å². The molecule has 0 saturated carbocycles. The third kappa shape index (κ3) is 6.01. The van der Waals surface area contributed by atoms with Gasteiger partial charge >= 0.3 is 6.09 Å². The number of carbonyl (C=O) groups is 3. The van der Waals surface area contributed by atoms with Crippen LogP contribution in [0.2, 0.25) is 0 Å². The molecule has 4 N–H and O–H groups in total. The Morgan fingerprint density at radius 1 is 0.925 bits per heavy atom. The maximum atomic E-state index is 12.7. The molecule has 40 heavy (non-hydrogen) atoms. The highest BCUT2D eigenvalue weighted by atomic mass is 16.5. The highest BCUT2D eigenvalue weighted by molar-refractivity contribution is 5.95. The van der Waals surface area contributed by atoms with Gasteiger partial charge in [0.25, 0.3) is 5.91 Å². The van der Waals surface area contributed by atoms with Crippen LogP contribution in [0.5, 0.6) is 0 Å². The first kappa shape index (κ1) is 26.6. The van der Waals surface area contributed by atoms with Crippen LogP contribution in [0, 0.1) is 0 Å². The second kappa shape index (κ2) is 11.8. The van der Waals surface area contributed by atoms with Gasteiger partial charge in [0.1, 0.15) is 12.6 Å². The monoisotopic (exact) mass is 538 g/mol. The molecule has 0 radical (unpaired) electrons. The first-order chi connectivity index (χ1) is 19.4. The Morgan fingerprint density at radius 3 is 2.20 bits per heavy atom. The van der Waals surface area contributed by atoms with Crippen LogP contribution >= 0.6 is 0 Å². The third-order valence-corrected chi connectivity index (χ3v) is 6.87. The van der Waals surface area contributed by atoms with Crippen LogP contribution in [0.1, 0.15) is 40.0 Å². The molecule has 1 heterocycles. The van der Waals surface area contributed by atoms with Gasteiger partial charge in [0.15, 0.2) is 5.69 Å². The van der Waals surface area contributed by atoms with Gasteiger partial charge in [-0.25, -0.2) is 9.48 Å². The number of nitrogens with one attached hydrogen (secondary N) is 2. The lowest BCUT2D eigenvalue weighted by atomic mass is 9.98. The van der Waals surface area contributed by atoms with E-state index in [9.17, 15) is 14.4 Å². The summed E-state index contributed by atoms with van der Waals surface area (Å²) in [5.74, 6) is -1.25. The zero-order chi connectivity index (χ0) is 28.1. The van der Waals surface area contributed by atoms with Crippen LogP contribution in [0.15, 0.2) is 85.1 Å². The molecule has 1 aliphatic carbocycles. The van der Waals surface area contributed by atoms with E-state index >= 15 is 0 Å². The van der Waals surface area contributed by atoms with E-state index < -0.39 is 23.9 Å². The number of benzene rings is 3. The van der Waals surface area contributed by atoms with Crippen molar-refractivity contribution in [2.24, 2.45) is 5.73 Å². The van der Waals surface area contributed by atoms with Crippen LogP contribution in [-0.4, -0.2) is 51.6 Å². The van der Waals surface area contributed by atoms with Crippen molar-refractivity contribution in [1.29, 1.82) is 0 Å². The molecule has 0 bridgehead atoms. The standard InChI is InChI=1S/C30H30N6O4/c1-19(32-30(39)40-18-25-23-13-7-5-11-21(23)22-12-6-8-14-24(22)25)16-36-17-27(34-35-36)29(38)33-26(28(31)37)15-20-9-3-2-4-10-20/h2-14,17,19,25-26H,15-16,18H2,1H3,(H2,31,37)(H,32,39)(H,33,38). The first-order valence-electron chi connectivity index (χ1n) is 13.0. The Labute approximate surface area is 231 Å². The van der Waals surface area contributed by atoms with Crippen LogP contribution in [0.25, 0.3) is 11.1 Å². The molecule has 0 spiro atoms. The van der Waals surface area contributed by atoms with Gasteiger partial charge in [-0.2, -0.15) is 0 Å². The minimum absolute atomic E-state index is 0.0315. The number of fused-ring (bicyclic) bond motifs is 3. The summed E-state index contributed by atoms with van der Waals surface area (Å²) in [6, 6.07) is 24.3. The fourth-order valence-corrected chi connectivity index (χ4v) is 4.96. The number of aromatic nitrogens is 3. The summed E-state index contributed by atoms with van der Waals surface area (Å²) in [6.45, 7) is 2.27. The van der Waals surface area contributed by atoms with E-state index in [1.807, 2.05) is 54.6 Å². The number of hydrogen-bond acceptors (Lipinski definition) is 6.